The topological polar surface area (TPSA) is 28.2 Å². The molecule has 0 aliphatic rings. The van der Waals surface area contributed by atoms with Crippen LogP contribution in [0.25, 0.3) is 0 Å². The summed E-state index contributed by atoms with van der Waals surface area (Å²) in [5.74, 6) is 0. The summed E-state index contributed by atoms with van der Waals surface area (Å²) in [5.41, 5.74) is 1.23. The molecule has 0 bridgehead atoms. The third kappa shape index (κ3) is 3.42. The Hall–Kier alpha value is -1.09. The van der Waals surface area contributed by atoms with Gasteiger partial charge in [0.2, 0.25) is 0 Å². The van der Waals surface area contributed by atoms with Crippen LogP contribution in [0.1, 0.15) is 6.42 Å². The van der Waals surface area contributed by atoms with Crippen LogP contribution >= 0.6 is 0 Å². The minimum atomic E-state index is 1.06. The lowest BCUT2D eigenvalue weighted by Gasteiger charge is -2.18. The Morgan fingerprint density at radius 3 is 2.69 bits per heavy atom. The Balaban J connectivity index is 2.35. The first-order chi connectivity index (χ1) is 6.34. The van der Waals surface area contributed by atoms with Crippen molar-refractivity contribution in [1.82, 2.24) is 10.3 Å². The van der Waals surface area contributed by atoms with Gasteiger partial charge in [-0.1, -0.05) is 0 Å². The Morgan fingerprint density at radius 2 is 2.08 bits per heavy atom. The first-order valence-electron chi connectivity index (χ1n) is 4.60. The van der Waals surface area contributed by atoms with Gasteiger partial charge in [0.15, 0.2) is 0 Å². The minimum Gasteiger partial charge on any atom is -0.374 e. The van der Waals surface area contributed by atoms with Gasteiger partial charge < -0.3 is 10.2 Å². The van der Waals surface area contributed by atoms with Crippen LogP contribution in [0.3, 0.4) is 0 Å². The highest BCUT2D eigenvalue weighted by atomic mass is 15.1. The van der Waals surface area contributed by atoms with E-state index in [1.165, 1.54) is 5.69 Å². The molecule has 1 aromatic heterocycles. The van der Waals surface area contributed by atoms with Crippen LogP contribution in [0.2, 0.25) is 0 Å². The van der Waals surface area contributed by atoms with Crippen LogP contribution in [0.15, 0.2) is 24.5 Å². The van der Waals surface area contributed by atoms with Gasteiger partial charge in [-0.3, -0.25) is 4.98 Å². The molecular formula is C10H17N3. The summed E-state index contributed by atoms with van der Waals surface area (Å²) >= 11 is 0. The van der Waals surface area contributed by atoms with Gasteiger partial charge in [0.1, 0.15) is 0 Å². The lowest BCUT2D eigenvalue weighted by Crippen LogP contribution is -2.22. The Bertz CT molecular complexity index is 223. The monoisotopic (exact) mass is 179 g/mol. The molecule has 0 aliphatic carbocycles. The van der Waals surface area contributed by atoms with Crippen molar-refractivity contribution in [2.75, 3.05) is 32.1 Å². The van der Waals surface area contributed by atoms with E-state index in [1.54, 1.807) is 0 Å². The van der Waals surface area contributed by atoms with Crippen molar-refractivity contribution in [3.05, 3.63) is 24.5 Å². The highest BCUT2D eigenvalue weighted by Crippen LogP contribution is 2.09. The second-order valence-corrected chi connectivity index (χ2v) is 3.08. The molecule has 0 spiro atoms. The molecule has 0 aromatic carbocycles. The molecule has 0 amide bonds. The van der Waals surface area contributed by atoms with Crippen molar-refractivity contribution in [3.63, 3.8) is 0 Å². The standard InChI is InChI=1S/C10H17N3/c1-11-6-3-9-13(2)10-4-7-12-8-5-10/h4-5,7-8,11H,3,6,9H2,1-2H3. The average molecular weight is 179 g/mol. The van der Waals surface area contributed by atoms with E-state index >= 15 is 0 Å². The molecule has 3 heteroatoms. The van der Waals surface area contributed by atoms with Crippen LogP contribution in [-0.4, -0.2) is 32.2 Å². The maximum absolute atomic E-state index is 3.99. The molecule has 1 N–H and O–H groups in total. The van der Waals surface area contributed by atoms with Crippen LogP contribution < -0.4 is 10.2 Å². The molecule has 0 aliphatic heterocycles. The molecular weight excluding hydrogens is 162 g/mol. The van der Waals surface area contributed by atoms with E-state index in [4.69, 9.17) is 0 Å². The van der Waals surface area contributed by atoms with Crippen LogP contribution in [0.5, 0.6) is 0 Å². The largest absolute Gasteiger partial charge is 0.374 e. The first-order valence-corrected chi connectivity index (χ1v) is 4.60. The molecule has 0 saturated carbocycles. The van der Waals surface area contributed by atoms with E-state index in [0.717, 1.165) is 19.5 Å². The van der Waals surface area contributed by atoms with Crippen LogP contribution in [0.4, 0.5) is 5.69 Å². The van der Waals surface area contributed by atoms with Gasteiger partial charge in [-0.2, -0.15) is 0 Å². The van der Waals surface area contributed by atoms with E-state index in [1.807, 2.05) is 31.6 Å². The van der Waals surface area contributed by atoms with Gasteiger partial charge >= 0.3 is 0 Å². The van der Waals surface area contributed by atoms with Gasteiger partial charge in [0.05, 0.1) is 0 Å². The fraction of sp³-hybridized carbons (Fsp3) is 0.500. The molecule has 1 heterocycles. The predicted molar refractivity (Wildman–Crippen MR) is 56.1 cm³/mol. The lowest BCUT2D eigenvalue weighted by atomic mass is 10.3. The highest BCUT2D eigenvalue weighted by Gasteiger charge is 1.97. The molecule has 72 valence electrons. The number of pyridine rings is 1. The molecule has 0 atom stereocenters. The second-order valence-electron chi connectivity index (χ2n) is 3.08. The third-order valence-electron chi connectivity index (χ3n) is 2.02. The first kappa shape index (κ1) is 9.99. The fourth-order valence-electron chi connectivity index (χ4n) is 1.22. The molecule has 0 fully saturated rings. The zero-order valence-electron chi connectivity index (χ0n) is 8.33. The highest BCUT2D eigenvalue weighted by molar-refractivity contribution is 5.43. The van der Waals surface area contributed by atoms with Crippen molar-refractivity contribution >= 4 is 5.69 Å². The van der Waals surface area contributed by atoms with Crippen LogP contribution in [-0.2, 0) is 0 Å². The van der Waals surface area contributed by atoms with E-state index in [9.17, 15) is 0 Å². The quantitative estimate of drug-likeness (QED) is 0.687. The average Bonchev–Trinajstić information content (AvgIpc) is 2.19. The molecule has 0 unspecified atom stereocenters. The molecule has 0 saturated heterocycles. The summed E-state index contributed by atoms with van der Waals surface area (Å²) in [6.07, 6.45) is 4.81. The van der Waals surface area contributed by atoms with E-state index in [0.29, 0.717) is 0 Å². The smallest absolute Gasteiger partial charge is 0.0394 e. The number of anilines is 1. The second kappa shape index (κ2) is 5.54. The van der Waals surface area contributed by atoms with Crippen molar-refractivity contribution in [3.8, 4) is 0 Å². The molecule has 3 nitrogen and oxygen atoms in total. The van der Waals surface area contributed by atoms with Gasteiger partial charge in [0, 0.05) is 31.7 Å². The Morgan fingerprint density at radius 1 is 1.38 bits per heavy atom. The summed E-state index contributed by atoms with van der Waals surface area (Å²) in [6, 6.07) is 4.05. The van der Waals surface area contributed by atoms with Crippen molar-refractivity contribution in [2.45, 2.75) is 6.42 Å². The van der Waals surface area contributed by atoms with Crippen molar-refractivity contribution in [2.24, 2.45) is 0 Å². The fourth-order valence-corrected chi connectivity index (χ4v) is 1.22. The Kier molecular flexibility index (Phi) is 4.26. The molecule has 1 aromatic rings. The number of hydrogen-bond donors (Lipinski definition) is 1. The Labute approximate surface area is 79.8 Å². The minimum absolute atomic E-state index is 1.06. The predicted octanol–water partition coefficient (Wildman–Crippen LogP) is 1.13. The number of hydrogen-bond acceptors (Lipinski definition) is 3. The van der Waals surface area contributed by atoms with E-state index in [2.05, 4.69) is 22.2 Å². The maximum Gasteiger partial charge on any atom is 0.0394 e. The summed E-state index contributed by atoms with van der Waals surface area (Å²) in [5, 5.41) is 3.14. The SMILES string of the molecule is CNCCCN(C)c1ccncc1. The zero-order valence-corrected chi connectivity index (χ0v) is 8.33. The summed E-state index contributed by atoms with van der Waals surface area (Å²) in [7, 11) is 4.08. The van der Waals surface area contributed by atoms with E-state index < -0.39 is 0 Å². The molecule has 1 rings (SSSR count). The number of nitrogens with one attached hydrogen (secondary N) is 1. The van der Waals surface area contributed by atoms with Gasteiger partial charge in [-0.15, -0.1) is 0 Å². The van der Waals surface area contributed by atoms with E-state index in [-0.39, 0.29) is 0 Å². The maximum atomic E-state index is 3.99. The van der Waals surface area contributed by atoms with Crippen molar-refractivity contribution in [1.29, 1.82) is 0 Å². The number of rotatable bonds is 5. The summed E-state index contributed by atoms with van der Waals surface area (Å²) in [6.45, 7) is 2.14. The lowest BCUT2D eigenvalue weighted by molar-refractivity contribution is 0.713. The normalized spacial score (nSPS) is 10.0. The zero-order chi connectivity index (χ0) is 9.52. The van der Waals surface area contributed by atoms with Gasteiger partial charge in [-0.05, 0) is 32.1 Å². The van der Waals surface area contributed by atoms with Crippen LogP contribution in [0, 0.1) is 0 Å². The molecule has 13 heavy (non-hydrogen) atoms. The third-order valence-corrected chi connectivity index (χ3v) is 2.02. The van der Waals surface area contributed by atoms with Gasteiger partial charge in [-0.25, -0.2) is 0 Å². The van der Waals surface area contributed by atoms with Crippen molar-refractivity contribution < 1.29 is 0 Å². The summed E-state index contributed by atoms with van der Waals surface area (Å²) in [4.78, 5) is 6.22. The number of nitrogens with zero attached hydrogens (tertiary/aromatic N) is 2. The molecule has 0 radical (unpaired) electrons. The number of aromatic nitrogens is 1. The summed E-state index contributed by atoms with van der Waals surface area (Å²) < 4.78 is 0. The van der Waals surface area contributed by atoms with Gasteiger partial charge in [0.25, 0.3) is 0 Å².